The van der Waals surface area contributed by atoms with Crippen molar-refractivity contribution < 1.29 is 9.53 Å². The molecule has 0 radical (unpaired) electrons. The standard InChI is InChI=1S/C15H22BrNO2/c1-4-5-6-7-11(2)17-15(18)12-8-9-14(19-3)13(16)10-12/h8-11H,4-7H2,1-3H3,(H,17,18). The van der Waals surface area contributed by atoms with Gasteiger partial charge in [-0.05, 0) is 47.5 Å². The zero-order chi connectivity index (χ0) is 14.3. The molecule has 4 heteroatoms. The summed E-state index contributed by atoms with van der Waals surface area (Å²) in [6.45, 7) is 4.23. The summed E-state index contributed by atoms with van der Waals surface area (Å²) in [5.74, 6) is 0.694. The first-order valence-electron chi connectivity index (χ1n) is 6.72. The molecule has 106 valence electrons. The number of methoxy groups -OCH3 is 1. The Morgan fingerprint density at radius 1 is 1.42 bits per heavy atom. The fourth-order valence-electron chi connectivity index (χ4n) is 1.89. The minimum Gasteiger partial charge on any atom is -0.496 e. The molecule has 0 aromatic heterocycles. The van der Waals surface area contributed by atoms with Crippen molar-refractivity contribution in [2.24, 2.45) is 0 Å². The second-order valence-corrected chi connectivity index (χ2v) is 5.57. The largest absolute Gasteiger partial charge is 0.496 e. The van der Waals surface area contributed by atoms with Crippen LogP contribution in [-0.2, 0) is 0 Å². The van der Waals surface area contributed by atoms with E-state index in [-0.39, 0.29) is 11.9 Å². The maximum Gasteiger partial charge on any atom is 0.251 e. The van der Waals surface area contributed by atoms with Crippen LogP contribution in [0.4, 0.5) is 0 Å². The summed E-state index contributed by atoms with van der Waals surface area (Å²) < 4.78 is 5.94. The molecule has 1 amide bonds. The van der Waals surface area contributed by atoms with Crippen LogP contribution in [0.3, 0.4) is 0 Å². The van der Waals surface area contributed by atoms with Crippen molar-refractivity contribution in [1.29, 1.82) is 0 Å². The number of carbonyl (C=O) groups is 1. The third-order valence-corrected chi connectivity index (χ3v) is 3.65. The van der Waals surface area contributed by atoms with E-state index in [0.717, 1.165) is 23.1 Å². The van der Waals surface area contributed by atoms with E-state index in [1.54, 1.807) is 25.3 Å². The van der Waals surface area contributed by atoms with Gasteiger partial charge in [-0.2, -0.15) is 0 Å². The van der Waals surface area contributed by atoms with Crippen molar-refractivity contribution in [2.75, 3.05) is 7.11 Å². The van der Waals surface area contributed by atoms with Crippen LogP contribution in [-0.4, -0.2) is 19.1 Å². The van der Waals surface area contributed by atoms with E-state index in [2.05, 4.69) is 28.2 Å². The van der Waals surface area contributed by atoms with Crippen molar-refractivity contribution in [3.8, 4) is 5.75 Å². The fourth-order valence-corrected chi connectivity index (χ4v) is 2.43. The van der Waals surface area contributed by atoms with Gasteiger partial charge in [0, 0.05) is 11.6 Å². The summed E-state index contributed by atoms with van der Waals surface area (Å²) in [5, 5.41) is 3.02. The highest BCUT2D eigenvalue weighted by atomic mass is 79.9. The molecule has 1 atom stereocenters. The highest BCUT2D eigenvalue weighted by Crippen LogP contribution is 2.25. The molecule has 0 aliphatic heterocycles. The minimum atomic E-state index is -0.0349. The highest BCUT2D eigenvalue weighted by Gasteiger charge is 2.11. The number of halogens is 1. The number of benzene rings is 1. The Kier molecular flexibility index (Phi) is 6.92. The van der Waals surface area contributed by atoms with Gasteiger partial charge in [-0.15, -0.1) is 0 Å². The third kappa shape index (κ3) is 5.23. The molecule has 19 heavy (non-hydrogen) atoms. The smallest absolute Gasteiger partial charge is 0.251 e. The molecule has 0 saturated carbocycles. The first kappa shape index (κ1) is 16.0. The Hall–Kier alpha value is -1.03. The molecule has 0 heterocycles. The van der Waals surface area contributed by atoms with E-state index in [1.165, 1.54) is 12.8 Å². The normalized spacial score (nSPS) is 12.0. The first-order chi connectivity index (χ1) is 9.08. The predicted octanol–water partition coefficient (Wildman–Crippen LogP) is 4.16. The lowest BCUT2D eigenvalue weighted by Crippen LogP contribution is -2.32. The third-order valence-electron chi connectivity index (χ3n) is 3.03. The number of amides is 1. The van der Waals surface area contributed by atoms with Crippen LogP contribution in [0.5, 0.6) is 5.75 Å². The molecular formula is C15H22BrNO2. The second-order valence-electron chi connectivity index (χ2n) is 4.72. The number of carbonyl (C=O) groups excluding carboxylic acids is 1. The quantitative estimate of drug-likeness (QED) is 0.764. The van der Waals surface area contributed by atoms with E-state index in [4.69, 9.17) is 4.74 Å². The van der Waals surface area contributed by atoms with Crippen LogP contribution in [0.2, 0.25) is 0 Å². The number of rotatable bonds is 7. The number of nitrogens with one attached hydrogen (secondary N) is 1. The summed E-state index contributed by atoms with van der Waals surface area (Å²) in [7, 11) is 1.61. The maximum atomic E-state index is 12.1. The first-order valence-corrected chi connectivity index (χ1v) is 7.52. The molecule has 0 spiro atoms. The molecular weight excluding hydrogens is 306 g/mol. The van der Waals surface area contributed by atoms with Crippen LogP contribution >= 0.6 is 15.9 Å². The second kappa shape index (κ2) is 8.20. The number of hydrogen-bond donors (Lipinski definition) is 1. The topological polar surface area (TPSA) is 38.3 Å². The molecule has 0 fully saturated rings. The Morgan fingerprint density at radius 2 is 2.16 bits per heavy atom. The van der Waals surface area contributed by atoms with Crippen molar-refractivity contribution in [1.82, 2.24) is 5.32 Å². The van der Waals surface area contributed by atoms with Crippen LogP contribution in [0, 0.1) is 0 Å². The summed E-state index contributed by atoms with van der Waals surface area (Å²) in [5.41, 5.74) is 0.648. The average molecular weight is 328 g/mol. The number of hydrogen-bond acceptors (Lipinski definition) is 2. The van der Waals surface area contributed by atoms with Crippen molar-refractivity contribution >= 4 is 21.8 Å². The Labute approximate surface area is 123 Å². The van der Waals surface area contributed by atoms with E-state index >= 15 is 0 Å². The number of unbranched alkanes of at least 4 members (excludes halogenated alkanes) is 2. The van der Waals surface area contributed by atoms with Crippen LogP contribution < -0.4 is 10.1 Å². The molecule has 1 N–H and O–H groups in total. The van der Waals surface area contributed by atoms with Gasteiger partial charge in [-0.1, -0.05) is 26.2 Å². The summed E-state index contributed by atoms with van der Waals surface area (Å²) in [6, 6.07) is 5.56. The molecule has 1 aromatic rings. The van der Waals surface area contributed by atoms with Gasteiger partial charge in [0.1, 0.15) is 5.75 Å². The van der Waals surface area contributed by atoms with E-state index in [9.17, 15) is 4.79 Å². The van der Waals surface area contributed by atoms with Crippen molar-refractivity contribution in [2.45, 2.75) is 45.6 Å². The lowest BCUT2D eigenvalue weighted by Gasteiger charge is -2.14. The summed E-state index contributed by atoms with van der Waals surface area (Å²) >= 11 is 3.39. The predicted molar refractivity (Wildman–Crippen MR) is 81.8 cm³/mol. The zero-order valence-corrected chi connectivity index (χ0v) is 13.4. The van der Waals surface area contributed by atoms with Crippen LogP contribution in [0.1, 0.15) is 49.9 Å². The molecule has 0 bridgehead atoms. The lowest BCUT2D eigenvalue weighted by molar-refractivity contribution is 0.0938. The van der Waals surface area contributed by atoms with Gasteiger partial charge < -0.3 is 10.1 Å². The summed E-state index contributed by atoms with van der Waals surface area (Å²) in [6.07, 6.45) is 4.60. The molecule has 1 rings (SSSR count). The van der Waals surface area contributed by atoms with Gasteiger partial charge in [0.05, 0.1) is 11.6 Å². The Morgan fingerprint density at radius 3 is 2.74 bits per heavy atom. The van der Waals surface area contributed by atoms with Gasteiger partial charge in [-0.25, -0.2) is 0 Å². The van der Waals surface area contributed by atoms with Crippen molar-refractivity contribution in [3.63, 3.8) is 0 Å². The fraction of sp³-hybridized carbons (Fsp3) is 0.533. The molecule has 0 saturated heterocycles. The summed E-state index contributed by atoms with van der Waals surface area (Å²) in [4.78, 5) is 12.1. The van der Waals surface area contributed by atoms with Gasteiger partial charge in [0.25, 0.3) is 5.91 Å². The van der Waals surface area contributed by atoms with Gasteiger partial charge in [0.2, 0.25) is 0 Å². The van der Waals surface area contributed by atoms with Crippen LogP contribution in [0.15, 0.2) is 22.7 Å². The van der Waals surface area contributed by atoms with E-state index in [0.29, 0.717) is 5.56 Å². The Bertz CT molecular complexity index is 421. The molecule has 3 nitrogen and oxygen atoms in total. The molecule has 1 aromatic carbocycles. The van der Waals surface area contributed by atoms with E-state index < -0.39 is 0 Å². The SMILES string of the molecule is CCCCCC(C)NC(=O)c1ccc(OC)c(Br)c1. The molecule has 0 aliphatic carbocycles. The number of ether oxygens (including phenoxy) is 1. The van der Waals surface area contributed by atoms with Crippen LogP contribution in [0.25, 0.3) is 0 Å². The Balaban J connectivity index is 2.55. The maximum absolute atomic E-state index is 12.1. The van der Waals surface area contributed by atoms with E-state index in [1.807, 2.05) is 6.92 Å². The van der Waals surface area contributed by atoms with Gasteiger partial charge in [0.15, 0.2) is 0 Å². The molecule has 0 aliphatic rings. The highest BCUT2D eigenvalue weighted by molar-refractivity contribution is 9.10. The monoisotopic (exact) mass is 327 g/mol. The lowest BCUT2D eigenvalue weighted by atomic mass is 10.1. The average Bonchev–Trinajstić information content (AvgIpc) is 2.38. The van der Waals surface area contributed by atoms with Gasteiger partial charge in [-0.3, -0.25) is 4.79 Å². The molecule has 1 unspecified atom stereocenters. The van der Waals surface area contributed by atoms with Gasteiger partial charge >= 0.3 is 0 Å². The zero-order valence-electron chi connectivity index (χ0n) is 11.8. The van der Waals surface area contributed by atoms with Crippen molar-refractivity contribution in [3.05, 3.63) is 28.2 Å². The minimum absolute atomic E-state index is 0.0349.